The number of aromatic nitrogens is 4. The van der Waals surface area contributed by atoms with Crippen LogP contribution in [0.4, 0.5) is 18.9 Å². The van der Waals surface area contributed by atoms with E-state index in [1.165, 1.54) is 22.9 Å². The molecule has 7 nitrogen and oxygen atoms in total. The van der Waals surface area contributed by atoms with Gasteiger partial charge in [0, 0.05) is 5.69 Å². The first-order chi connectivity index (χ1) is 13.2. The Hall–Kier alpha value is -2.79. The summed E-state index contributed by atoms with van der Waals surface area (Å²) in [4.78, 5) is 12.1. The molecule has 0 saturated heterocycles. The lowest BCUT2D eigenvalue weighted by Crippen LogP contribution is -2.15. The highest BCUT2D eigenvalue weighted by Gasteiger charge is 2.33. The van der Waals surface area contributed by atoms with Crippen molar-refractivity contribution in [2.75, 3.05) is 11.1 Å². The minimum Gasteiger partial charge on any atom is -0.508 e. The average Bonchev–Trinajstić information content (AvgIpc) is 3.10. The lowest BCUT2D eigenvalue weighted by molar-refractivity contribution is -0.137. The summed E-state index contributed by atoms with van der Waals surface area (Å²) in [6, 6.07) is 9.20. The van der Waals surface area contributed by atoms with Crippen molar-refractivity contribution < 1.29 is 23.1 Å². The van der Waals surface area contributed by atoms with E-state index in [-0.39, 0.29) is 17.2 Å². The Morgan fingerprint density at radius 3 is 2.61 bits per heavy atom. The number of tetrazole rings is 1. The van der Waals surface area contributed by atoms with E-state index in [0.717, 1.165) is 23.9 Å². The van der Waals surface area contributed by atoms with Crippen LogP contribution in [0.1, 0.15) is 5.56 Å². The standard InChI is InChI=1S/C16H11ClF3N5O2S/c17-13-6-1-9(7-12(13)16(18,19)20)21-14(27)8-28-15-22-23-24-25(15)10-2-4-11(26)5-3-10/h1-7,26H,8H2,(H,21,27). The van der Waals surface area contributed by atoms with Crippen LogP contribution in [-0.2, 0) is 11.0 Å². The summed E-state index contributed by atoms with van der Waals surface area (Å²) < 4.78 is 40.0. The topological polar surface area (TPSA) is 92.9 Å². The van der Waals surface area contributed by atoms with Gasteiger partial charge in [-0.1, -0.05) is 23.4 Å². The zero-order chi connectivity index (χ0) is 20.3. The molecule has 146 valence electrons. The van der Waals surface area contributed by atoms with E-state index in [1.54, 1.807) is 12.1 Å². The van der Waals surface area contributed by atoms with Crippen molar-refractivity contribution >= 4 is 35.0 Å². The molecule has 3 aromatic rings. The molecule has 0 bridgehead atoms. The minimum absolute atomic E-state index is 0.0274. The number of carbonyl (C=O) groups is 1. The normalized spacial score (nSPS) is 11.4. The van der Waals surface area contributed by atoms with E-state index in [1.807, 2.05) is 0 Å². The fraction of sp³-hybridized carbons (Fsp3) is 0.125. The second-order valence-corrected chi connectivity index (χ2v) is 6.77. The Morgan fingerprint density at radius 1 is 1.21 bits per heavy atom. The van der Waals surface area contributed by atoms with Gasteiger partial charge in [-0.15, -0.1) is 5.10 Å². The highest BCUT2D eigenvalue weighted by atomic mass is 35.5. The van der Waals surface area contributed by atoms with Crippen LogP contribution in [0.15, 0.2) is 47.6 Å². The zero-order valence-electron chi connectivity index (χ0n) is 13.8. The number of nitrogens with one attached hydrogen (secondary N) is 1. The third-order valence-electron chi connectivity index (χ3n) is 3.42. The molecular formula is C16H11ClF3N5O2S. The summed E-state index contributed by atoms with van der Waals surface area (Å²) in [5.74, 6) is -0.602. The number of anilines is 1. The van der Waals surface area contributed by atoms with E-state index in [4.69, 9.17) is 11.6 Å². The predicted molar refractivity (Wildman–Crippen MR) is 96.6 cm³/mol. The molecule has 28 heavy (non-hydrogen) atoms. The number of thioether (sulfide) groups is 1. The molecule has 12 heteroatoms. The zero-order valence-corrected chi connectivity index (χ0v) is 15.4. The molecule has 0 unspecified atom stereocenters. The molecule has 1 aromatic heterocycles. The maximum atomic E-state index is 12.9. The maximum absolute atomic E-state index is 12.9. The third-order valence-corrected chi connectivity index (χ3v) is 4.67. The molecule has 0 atom stereocenters. The highest BCUT2D eigenvalue weighted by molar-refractivity contribution is 7.99. The van der Waals surface area contributed by atoms with E-state index >= 15 is 0 Å². The van der Waals surface area contributed by atoms with Crippen molar-refractivity contribution in [3.8, 4) is 11.4 Å². The molecule has 0 saturated carbocycles. The van der Waals surface area contributed by atoms with Gasteiger partial charge in [-0.25, -0.2) is 0 Å². The molecule has 0 aliphatic rings. The number of phenolic OH excluding ortho intramolecular Hbond substituents is 1. The fourth-order valence-electron chi connectivity index (χ4n) is 2.17. The summed E-state index contributed by atoms with van der Waals surface area (Å²) in [6.45, 7) is 0. The fourth-order valence-corrected chi connectivity index (χ4v) is 3.09. The first kappa shape index (κ1) is 20.0. The Morgan fingerprint density at radius 2 is 1.93 bits per heavy atom. The van der Waals surface area contributed by atoms with Crippen LogP contribution in [0.2, 0.25) is 5.02 Å². The third kappa shape index (κ3) is 4.73. The van der Waals surface area contributed by atoms with Crippen LogP contribution < -0.4 is 5.32 Å². The quantitative estimate of drug-likeness (QED) is 0.600. The van der Waals surface area contributed by atoms with Gasteiger partial charge in [-0.05, 0) is 52.9 Å². The Balaban J connectivity index is 1.66. The van der Waals surface area contributed by atoms with Gasteiger partial charge in [-0.2, -0.15) is 17.9 Å². The van der Waals surface area contributed by atoms with Crippen molar-refractivity contribution in [2.24, 2.45) is 0 Å². The molecular weight excluding hydrogens is 419 g/mol. The molecule has 2 N–H and O–H groups in total. The Bertz CT molecular complexity index is 995. The predicted octanol–water partition coefficient (Wildman–Crippen LogP) is 3.77. The van der Waals surface area contributed by atoms with Gasteiger partial charge in [0.05, 0.1) is 22.0 Å². The van der Waals surface area contributed by atoms with E-state index in [2.05, 4.69) is 20.8 Å². The first-order valence-corrected chi connectivity index (χ1v) is 8.97. The number of aromatic hydroxyl groups is 1. The Labute approximate surface area is 165 Å². The number of nitrogens with zero attached hydrogens (tertiary/aromatic N) is 4. The second kappa shape index (κ2) is 8.07. The molecule has 2 aromatic carbocycles. The van der Waals surface area contributed by atoms with Crippen LogP contribution in [0.3, 0.4) is 0 Å². The maximum Gasteiger partial charge on any atom is 0.417 e. The smallest absolute Gasteiger partial charge is 0.417 e. The van der Waals surface area contributed by atoms with Crippen molar-refractivity contribution in [1.82, 2.24) is 20.2 Å². The number of amides is 1. The van der Waals surface area contributed by atoms with Crippen LogP contribution in [0.25, 0.3) is 5.69 Å². The molecule has 0 aliphatic heterocycles. The van der Waals surface area contributed by atoms with Gasteiger partial charge in [0.25, 0.3) is 0 Å². The highest BCUT2D eigenvalue weighted by Crippen LogP contribution is 2.36. The summed E-state index contributed by atoms with van der Waals surface area (Å²) in [7, 11) is 0. The summed E-state index contributed by atoms with van der Waals surface area (Å²) in [5.41, 5.74) is -0.491. The molecule has 3 rings (SSSR count). The van der Waals surface area contributed by atoms with Crippen molar-refractivity contribution in [3.05, 3.63) is 53.1 Å². The van der Waals surface area contributed by atoms with Gasteiger partial charge in [0.1, 0.15) is 5.75 Å². The molecule has 0 spiro atoms. The molecule has 0 aliphatic carbocycles. The van der Waals surface area contributed by atoms with E-state index < -0.39 is 22.7 Å². The van der Waals surface area contributed by atoms with Crippen LogP contribution in [0, 0.1) is 0 Å². The SMILES string of the molecule is O=C(CSc1nnnn1-c1ccc(O)cc1)Nc1ccc(Cl)c(C(F)(F)F)c1. The number of phenols is 1. The number of benzene rings is 2. The molecule has 0 radical (unpaired) electrons. The van der Waals surface area contributed by atoms with Crippen LogP contribution >= 0.6 is 23.4 Å². The van der Waals surface area contributed by atoms with Crippen molar-refractivity contribution in [3.63, 3.8) is 0 Å². The molecule has 0 fully saturated rings. The van der Waals surface area contributed by atoms with Gasteiger partial charge in [-0.3, -0.25) is 4.79 Å². The first-order valence-electron chi connectivity index (χ1n) is 7.61. The van der Waals surface area contributed by atoms with Crippen molar-refractivity contribution in [2.45, 2.75) is 11.3 Å². The van der Waals surface area contributed by atoms with Crippen molar-refractivity contribution in [1.29, 1.82) is 0 Å². The van der Waals surface area contributed by atoms with E-state index in [0.29, 0.717) is 10.8 Å². The number of halogens is 4. The summed E-state index contributed by atoms with van der Waals surface area (Å²) in [5, 5.41) is 22.7. The van der Waals surface area contributed by atoms with Gasteiger partial charge >= 0.3 is 6.18 Å². The summed E-state index contributed by atoms with van der Waals surface area (Å²) in [6.07, 6.45) is -4.63. The minimum atomic E-state index is -4.63. The lowest BCUT2D eigenvalue weighted by atomic mass is 10.2. The molecule has 1 amide bonds. The largest absolute Gasteiger partial charge is 0.508 e. The number of hydrogen-bond acceptors (Lipinski definition) is 6. The number of carbonyl (C=O) groups excluding carboxylic acids is 1. The van der Waals surface area contributed by atoms with Gasteiger partial charge < -0.3 is 10.4 Å². The monoisotopic (exact) mass is 429 g/mol. The van der Waals surface area contributed by atoms with Gasteiger partial charge in [0.2, 0.25) is 11.1 Å². The second-order valence-electron chi connectivity index (χ2n) is 5.42. The number of rotatable bonds is 5. The molecule has 1 heterocycles. The number of hydrogen-bond donors (Lipinski definition) is 2. The van der Waals surface area contributed by atoms with Gasteiger partial charge in [0.15, 0.2) is 0 Å². The van der Waals surface area contributed by atoms with E-state index in [9.17, 15) is 23.1 Å². The lowest BCUT2D eigenvalue weighted by Gasteiger charge is -2.11. The van der Waals surface area contributed by atoms with Crippen LogP contribution in [-0.4, -0.2) is 37.0 Å². The average molecular weight is 430 g/mol. The number of alkyl halides is 3. The summed E-state index contributed by atoms with van der Waals surface area (Å²) >= 11 is 6.55. The van der Waals surface area contributed by atoms with Crippen LogP contribution in [0.5, 0.6) is 5.75 Å². The Kier molecular flexibility index (Phi) is 5.75.